The maximum atomic E-state index is 5.73. The second-order valence-corrected chi connectivity index (χ2v) is 6.19. The van der Waals surface area contributed by atoms with Crippen molar-refractivity contribution in [2.45, 2.75) is 84.1 Å². The molecule has 0 aromatic heterocycles. The Labute approximate surface area is 131 Å². The third kappa shape index (κ3) is 7.63. The molecule has 0 aliphatic rings. The van der Waals surface area contributed by atoms with Gasteiger partial charge < -0.3 is 0 Å². The third-order valence-electron chi connectivity index (χ3n) is 4.36. The molecule has 1 aromatic rings. The van der Waals surface area contributed by atoms with Crippen LogP contribution in [0.2, 0.25) is 0 Å². The minimum Gasteiger partial charge on any atom is -0.271 e. The highest BCUT2D eigenvalue weighted by Gasteiger charge is 2.10. The summed E-state index contributed by atoms with van der Waals surface area (Å²) < 4.78 is 0. The van der Waals surface area contributed by atoms with Gasteiger partial charge in [0.25, 0.3) is 0 Å². The molecule has 0 saturated carbocycles. The van der Waals surface area contributed by atoms with Crippen molar-refractivity contribution < 1.29 is 0 Å². The van der Waals surface area contributed by atoms with Gasteiger partial charge in [-0.2, -0.15) is 0 Å². The van der Waals surface area contributed by atoms with Gasteiger partial charge in [0.2, 0.25) is 0 Å². The molecular weight excluding hydrogens is 256 g/mol. The van der Waals surface area contributed by atoms with Crippen molar-refractivity contribution in [3.05, 3.63) is 35.4 Å². The molecule has 120 valence electrons. The van der Waals surface area contributed by atoms with Crippen LogP contribution in [0.25, 0.3) is 0 Å². The van der Waals surface area contributed by atoms with E-state index >= 15 is 0 Å². The summed E-state index contributed by atoms with van der Waals surface area (Å²) in [6.07, 6.45) is 13.5. The van der Waals surface area contributed by atoms with E-state index in [0.717, 1.165) is 6.42 Å². The van der Waals surface area contributed by atoms with Crippen LogP contribution in [0, 0.1) is 6.92 Å². The van der Waals surface area contributed by atoms with E-state index in [1.165, 1.54) is 68.9 Å². The van der Waals surface area contributed by atoms with Crippen LogP contribution in [0.3, 0.4) is 0 Å². The molecule has 1 unspecified atom stereocenters. The summed E-state index contributed by atoms with van der Waals surface area (Å²) >= 11 is 0. The van der Waals surface area contributed by atoms with Crippen LogP contribution in [0.4, 0.5) is 0 Å². The lowest BCUT2D eigenvalue weighted by Gasteiger charge is -2.18. The fraction of sp³-hybridized carbons (Fsp3) is 0.684. The van der Waals surface area contributed by atoms with E-state index in [1.54, 1.807) is 0 Å². The van der Waals surface area contributed by atoms with Gasteiger partial charge in [-0.15, -0.1) is 0 Å². The molecule has 0 fully saturated rings. The minimum absolute atomic E-state index is 0.302. The van der Waals surface area contributed by atoms with Gasteiger partial charge in [0.15, 0.2) is 0 Å². The summed E-state index contributed by atoms with van der Waals surface area (Å²) in [4.78, 5) is 0. The molecular formula is C19H34N2. The first-order valence-electron chi connectivity index (χ1n) is 8.81. The van der Waals surface area contributed by atoms with Crippen molar-refractivity contribution in [2.24, 2.45) is 5.84 Å². The Kier molecular flexibility index (Phi) is 10.2. The van der Waals surface area contributed by atoms with Crippen LogP contribution in [0.5, 0.6) is 0 Å². The first-order chi connectivity index (χ1) is 10.3. The van der Waals surface area contributed by atoms with Crippen molar-refractivity contribution in [1.29, 1.82) is 0 Å². The normalized spacial score (nSPS) is 12.5. The average Bonchev–Trinajstić information content (AvgIpc) is 2.50. The van der Waals surface area contributed by atoms with E-state index in [-0.39, 0.29) is 0 Å². The largest absolute Gasteiger partial charge is 0.271 e. The Morgan fingerprint density at radius 2 is 1.48 bits per heavy atom. The molecule has 1 aromatic carbocycles. The quantitative estimate of drug-likeness (QED) is 0.306. The first-order valence-corrected chi connectivity index (χ1v) is 8.81. The smallest absolute Gasteiger partial charge is 0.0462 e. The number of nitrogens with two attached hydrogens (primary N) is 1. The zero-order chi connectivity index (χ0) is 15.3. The number of nitrogens with one attached hydrogen (secondary N) is 1. The van der Waals surface area contributed by atoms with Gasteiger partial charge >= 0.3 is 0 Å². The predicted molar refractivity (Wildman–Crippen MR) is 93.1 cm³/mol. The first kappa shape index (κ1) is 18.2. The lowest BCUT2D eigenvalue weighted by atomic mass is 9.96. The zero-order valence-electron chi connectivity index (χ0n) is 14.0. The summed E-state index contributed by atoms with van der Waals surface area (Å²) in [5.74, 6) is 5.73. The van der Waals surface area contributed by atoms with Gasteiger partial charge in [0.1, 0.15) is 0 Å². The van der Waals surface area contributed by atoms with Crippen molar-refractivity contribution in [3.63, 3.8) is 0 Å². The van der Waals surface area contributed by atoms with E-state index < -0.39 is 0 Å². The van der Waals surface area contributed by atoms with E-state index in [4.69, 9.17) is 5.84 Å². The fourth-order valence-electron chi connectivity index (χ4n) is 2.97. The van der Waals surface area contributed by atoms with Crippen LogP contribution in [-0.2, 0) is 0 Å². The Balaban J connectivity index is 2.12. The molecule has 0 aliphatic heterocycles. The highest BCUT2D eigenvalue weighted by molar-refractivity contribution is 5.28. The Bertz CT molecular complexity index is 362. The summed E-state index contributed by atoms with van der Waals surface area (Å²) in [5, 5.41) is 0. The molecule has 0 spiro atoms. The molecule has 0 aliphatic carbocycles. The monoisotopic (exact) mass is 290 g/mol. The van der Waals surface area contributed by atoms with Gasteiger partial charge in [-0.25, -0.2) is 0 Å². The third-order valence-corrected chi connectivity index (χ3v) is 4.36. The van der Waals surface area contributed by atoms with Crippen LogP contribution < -0.4 is 11.3 Å². The Hall–Kier alpha value is -0.860. The SMILES string of the molecule is CCCCCCCCCCCC(NN)c1ccccc1C. The van der Waals surface area contributed by atoms with Crippen LogP contribution in [0.15, 0.2) is 24.3 Å². The predicted octanol–water partition coefficient (Wildman–Crippen LogP) is 5.42. The average molecular weight is 290 g/mol. The standard InChI is InChI=1S/C19H34N2/c1-3-4-5-6-7-8-9-10-11-16-19(21-20)18-15-13-12-14-17(18)2/h12-15,19,21H,3-11,16,20H2,1-2H3. The highest BCUT2D eigenvalue weighted by Crippen LogP contribution is 2.22. The lowest BCUT2D eigenvalue weighted by Crippen LogP contribution is -2.28. The van der Waals surface area contributed by atoms with Crippen LogP contribution >= 0.6 is 0 Å². The molecule has 0 bridgehead atoms. The van der Waals surface area contributed by atoms with E-state index in [2.05, 4.69) is 43.5 Å². The topological polar surface area (TPSA) is 38.0 Å². The highest BCUT2D eigenvalue weighted by atomic mass is 15.2. The van der Waals surface area contributed by atoms with Gasteiger partial charge in [0, 0.05) is 6.04 Å². The number of benzene rings is 1. The number of hydrazine groups is 1. The minimum atomic E-state index is 0.302. The van der Waals surface area contributed by atoms with Gasteiger partial charge in [-0.1, -0.05) is 89.0 Å². The zero-order valence-corrected chi connectivity index (χ0v) is 14.0. The molecule has 21 heavy (non-hydrogen) atoms. The van der Waals surface area contributed by atoms with Gasteiger partial charge in [0.05, 0.1) is 0 Å². The number of aryl methyl sites for hydroxylation is 1. The van der Waals surface area contributed by atoms with E-state index in [9.17, 15) is 0 Å². The molecule has 2 heteroatoms. The van der Waals surface area contributed by atoms with Crippen molar-refractivity contribution in [1.82, 2.24) is 5.43 Å². The molecule has 0 radical (unpaired) electrons. The van der Waals surface area contributed by atoms with E-state index in [1.807, 2.05) is 0 Å². The second-order valence-electron chi connectivity index (χ2n) is 6.19. The fourth-order valence-corrected chi connectivity index (χ4v) is 2.97. The van der Waals surface area contributed by atoms with Crippen LogP contribution in [-0.4, -0.2) is 0 Å². The van der Waals surface area contributed by atoms with Crippen molar-refractivity contribution >= 4 is 0 Å². The molecule has 0 amide bonds. The molecule has 3 N–H and O–H groups in total. The van der Waals surface area contributed by atoms with Crippen molar-refractivity contribution in [2.75, 3.05) is 0 Å². The van der Waals surface area contributed by atoms with Gasteiger partial charge in [-0.05, 0) is 24.5 Å². The number of rotatable bonds is 12. The summed E-state index contributed by atoms with van der Waals surface area (Å²) in [7, 11) is 0. The van der Waals surface area contributed by atoms with Crippen molar-refractivity contribution in [3.8, 4) is 0 Å². The lowest BCUT2D eigenvalue weighted by molar-refractivity contribution is 0.473. The number of hydrogen-bond donors (Lipinski definition) is 2. The summed E-state index contributed by atoms with van der Waals surface area (Å²) in [6.45, 7) is 4.44. The maximum absolute atomic E-state index is 5.73. The molecule has 2 nitrogen and oxygen atoms in total. The Morgan fingerprint density at radius 3 is 2.05 bits per heavy atom. The molecule has 0 saturated heterocycles. The van der Waals surface area contributed by atoms with Gasteiger partial charge in [-0.3, -0.25) is 11.3 Å². The molecule has 1 atom stereocenters. The summed E-state index contributed by atoms with van der Waals surface area (Å²) in [5.41, 5.74) is 5.66. The number of hydrogen-bond acceptors (Lipinski definition) is 2. The maximum Gasteiger partial charge on any atom is 0.0462 e. The molecule has 1 rings (SSSR count). The molecule has 0 heterocycles. The number of unbranched alkanes of at least 4 members (excludes halogenated alkanes) is 8. The Morgan fingerprint density at radius 1 is 0.905 bits per heavy atom. The summed E-state index contributed by atoms with van der Waals surface area (Å²) in [6, 6.07) is 8.84. The van der Waals surface area contributed by atoms with Crippen LogP contribution in [0.1, 0.15) is 88.3 Å². The van der Waals surface area contributed by atoms with E-state index in [0.29, 0.717) is 6.04 Å². The second kappa shape index (κ2) is 11.8.